The molecule has 0 saturated carbocycles. The van der Waals surface area contributed by atoms with Crippen molar-refractivity contribution in [2.45, 2.75) is 19.1 Å². The largest absolute Gasteiger partial charge is 0.464 e. The minimum Gasteiger partial charge on any atom is -0.464 e. The predicted molar refractivity (Wildman–Crippen MR) is 59.0 cm³/mol. The van der Waals surface area contributed by atoms with Gasteiger partial charge in [0.15, 0.2) is 12.2 Å². The van der Waals surface area contributed by atoms with Gasteiger partial charge in [-0.2, -0.15) is 0 Å². The number of hydrogen-bond donors (Lipinski definition) is 1. The lowest BCUT2D eigenvalue weighted by atomic mass is 10.0. The lowest BCUT2D eigenvalue weighted by Crippen LogP contribution is -2.31. The van der Waals surface area contributed by atoms with E-state index in [9.17, 15) is 14.7 Å². The molecule has 0 unspecified atom stereocenters. The fourth-order valence-corrected chi connectivity index (χ4v) is 1.39. The van der Waals surface area contributed by atoms with Crippen LogP contribution in [0.4, 0.5) is 0 Å². The molecule has 0 heterocycles. The van der Waals surface area contributed by atoms with E-state index < -0.39 is 18.2 Å². The van der Waals surface area contributed by atoms with Crippen LogP contribution in [0, 0.1) is 0 Å². The molecule has 1 rings (SSSR count). The van der Waals surface area contributed by atoms with Gasteiger partial charge in [-0.1, -0.05) is 30.3 Å². The summed E-state index contributed by atoms with van der Waals surface area (Å²) in [5.41, 5.74) is 0.528. The second-order valence-corrected chi connectivity index (χ2v) is 3.26. The molecule has 1 N–H and O–H groups in total. The van der Waals surface area contributed by atoms with E-state index in [1.54, 1.807) is 37.3 Å². The number of hydrogen-bond acceptors (Lipinski definition) is 5. The van der Waals surface area contributed by atoms with Gasteiger partial charge < -0.3 is 14.6 Å². The normalized spacial score (nSPS) is 13.5. The van der Waals surface area contributed by atoms with Crippen LogP contribution in [0.2, 0.25) is 0 Å². The van der Waals surface area contributed by atoms with Crippen LogP contribution in [0.1, 0.15) is 18.6 Å². The van der Waals surface area contributed by atoms with Crippen LogP contribution in [-0.4, -0.2) is 30.3 Å². The van der Waals surface area contributed by atoms with E-state index in [0.29, 0.717) is 5.56 Å². The summed E-state index contributed by atoms with van der Waals surface area (Å²) in [6.45, 7) is 1.97. The summed E-state index contributed by atoms with van der Waals surface area (Å²) in [5.74, 6) is -0.816. The Labute approximate surface area is 99.0 Å². The van der Waals surface area contributed by atoms with Gasteiger partial charge in [-0.25, -0.2) is 4.79 Å². The summed E-state index contributed by atoms with van der Waals surface area (Å²) in [7, 11) is 0. The molecule has 0 amide bonds. The molecule has 0 radical (unpaired) electrons. The van der Waals surface area contributed by atoms with Gasteiger partial charge in [-0.3, -0.25) is 4.79 Å². The average Bonchev–Trinajstić information content (AvgIpc) is 2.36. The first-order valence-corrected chi connectivity index (χ1v) is 5.19. The van der Waals surface area contributed by atoms with Crippen LogP contribution < -0.4 is 0 Å². The van der Waals surface area contributed by atoms with Crippen molar-refractivity contribution in [1.82, 2.24) is 0 Å². The van der Waals surface area contributed by atoms with Gasteiger partial charge in [0.2, 0.25) is 0 Å². The molecule has 0 aliphatic carbocycles. The number of carbonyl (C=O) groups is 2. The third kappa shape index (κ3) is 3.57. The molecule has 1 aromatic carbocycles. The van der Waals surface area contributed by atoms with E-state index in [4.69, 9.17) is 4.74 Å². The standard InChI is InChI=1S/C12H14O5/c1-2-16-12(15)10(14)11(17-8-13)9-6-4-3-5-7-9/h3-8,10-11,14H,2H2,1H3/t10-,11+/m1/s1. The van der Waals surface area contributed by atoms with Gasteiger partial charge >= 0.3 is 5.97 Å². The maximum Gasteiger partial charge on any atom is 0.339 e. The lowest BCUT2D eigenvalue weighted by Gasteiger charge is -2.20. The van der Waals surface area contributed by atoms with E-state index in [2.05, 4.69) is 4.74 Å². The number of benzene rings is 1. The molecule has 0 spiro atoms. The molecule has 5 heteroatoms. The van der Waals surface area contributed by atoms with E-state index in [-0.39, 0.29) is 13.1 Å². The molecule has 1 aromatic rings. The Balaban J connectivity index is 2.85. The van der Waals surface area contributed by atoms with E-state index in [0.717, 1.165) is 0 Å². The predicted octanol–water partition coefficient (Wildman–Crippen LogP) is 0.825. The van der Waals surface area contributed by atoms with Crippen molar-refractivity contribution in [3.8, 4) is 0 Å². The highest BCUT2D eigenvalue weighted by Gasteiger charge is 2.30. The van der Waals surface area contributed by atoms with Crippen LogP contribution in [-0.2, 0) is 19.1 Å². The minimum absolute atomic E-state index is 0.151. The Morgan fingerprint density at radius 2 is 2.06 bits per heavy atom. The van der Waals surface area contributed by atoms with Crippen molar-refractivity contribution in [3.05, 3.63) is 35.9 Å². The van der Waals surface area contributed by atoms with Crippen molar-refractivity contribution in [1.29, 1.82) is 0 Å². The van der Waals surface area contributed by atoms with Gasteiger partial charge in [0, 0.05) is 0 Å². The first-order chi connectivity index (χ1) is 8.20. The van der Waals surface area contributed by atoms with Gasteiger partial charge in [0.05, 0.1) is 6.61 Å². The molecule has 0 fully saturated rings. The Morgan fingerprint density at radius 1 is 1.41 bits per heavy atom. The Morgan fingerprint density at radius 3 is 2.59 bits per heavy atom. The summed E-state index contributed by atoms with van der Waals surface area (Å²) in [5, 5.41) is 9.73. The van der Waals surface area contributed by atoms with Crippen molar-refractivity contribution in [3.63, 3.8) is 0 Å². The third-order valence-electron chi connectivity index (χ3n) is 2.15. The zero-order valence-electron chi connectivity index (χ0n) is 9.41. The molecule has 0 bridgehead atoms. The Hall–Kier alpha value is -1.88. The SMILES string of the molecule is CCOC(=O)[C@H](O)[C@@H](OC=O)c1ccccc1. The van der Waals surface area contributed by atoms with Crippen LogP contribution in [0.3, 0.4) is 0 Å². The molecule has 0 aliphatic rings. The Kier molecular flexibility index (Phi) is 5.16. The number of aliphatic hydroxyl groups is 1. The van der Waals surface area contributed by atoms with Crippen molar-refractivity contribution < 1.29 is 24.2 Å². The molecule has 2 atom stereocenters. The van der Waals surface area contributed by atoms with E-state index in [1.807, 2.05) is 0 Å². The molecule has 5 nitrogen and oxygen atoms in total. The fraction of sp³-hybridized carbons (Fsp3) is 0.333. The molecule has 0 aromatic heterocycles. The van der Waals surface area contributed by atoms with Crippen molar-refractivity contribution in [2.75, 3.05) is 6.61 Å². The second-order valence-electron chi connectivity index (χ2n) is 3.26. The summed E-state index contributed by atoms with van der Waals surface area (Å²) >= 11 is 0. The fourth-order valence-electron chi connectivity index (χ4n) is 1.39. The topological polar surface area (TPSA) is 72.8 Å². The number of rotatable bonds is 6. The van der Waals surface area contributed by atoms with Crippen molar-refractivity contribution in [2.24, 2.45) is 0 Å². The average molecular weight is 238 g/mol. The van der Waals surface area contributed by atoms with Crippen LogP contribution >= 0.6 is 0 Å². The first kappa shape index (κ1) is 13.2. The molecule has 0 aliphatic heterocycles. The van der Waals surface area contributed by atoms with Gasteiger partial charge in [0.1, 0.15) is 0 Å². The highest BCUT2D eigenvalue weighted by atomic mass is 16.6. The summed E-state index contributed by atoms with van der Waals surface area (Å²) in [6.07, 6.45) is -2.57. The number of aliphatic hydroxyl groups excluding tert-OH is 1. The maximum atomic E-state index is 11.4. The summed E-state index contributed by atoms with van der Waals surface area (Å²) in [4.78, 5) is 21.8. The summed E-state index contributed by atoms with van der Waals surface area (Å²) in [6, 6.07) is 8.51. The van der Waals surface area contributed by atoms with Crippen molar-refractivity contribution >= 4 is 12.4 Å². The molecular weight excluding hydrogens is 224 g/mol. The molecule has 0 saturated heterocycles. The molecule has 92 valence electrons. The third-order valence-corrected chi connectivity index (χ3v) is 2.15. The van der Waals surface area contributed by atoms with Gasteiger partial charge in [0.25, 0.3) is 6.47 Å². The first-order valence-electron chi connectivity index (χ1n) is 5.19. The lowest BCUT2D eigenvalue weighted by molar-refractivity contribution is -0.164. The van der Waals surface area contributed by atoms with Gasteiger partial charge in [-0.15, -0.1) is 0 Å². The second kappa shape index (κ2) is 6.65. The smallest absolute Gasteiger partial charge is 0.339 e. The zero-order valence-corrected chi connectivity index (χ0v) is 9.41. The van der Waals surface area contributed by atoms with Gasteiger partial charge in [-0.05, 0) is 12.5 Å². The highest BCUT2D eigenvalue weighted by molar-refractivity contribution is 5.75. The monoisotopic (exact) mass is 238 g/mol. The minimum atomic E-state index is -1.53. The maximum absolute atomic E-state index is 11.4. The van der Waals surface area contributed by atoms with Crippen LogP contribution in [0.15, 0.2) is 30.3 Å². The zero-order chi connectivity index (χ0) is 12.7. The number of esters is 1. The van der Waals surface area contributed by atoms with E-state index in [1.165, 1.54) is 0 Å². The Bertz CT molecular complexity index is 362. The summed E-state index contributed by atoms with van der Waals surface area (Å²) < 4.78 is 9.39. The molecular formula is C12H14O5. The highest BCUT2D eigenvalue weighted by Crippen LogP contribution is 2.21. The van der Waals surface area contributed by atoms with Crippen LogP contribution in [0.25, 0.3) is 0 Å². The number of ether oxygens (including phenoxy) is 2. The number of carbonyl (C=O) groups excluding carboxylic acids is 2. The quantitative estimate of drug-likeness (QED) is 0.587. The van der Waals surface area contributed by atoms with E-state index >= 15 is 0 Å². The van der Waals surface area contributed by atoms with Crippen LogP contribution in [0.5, 0.6) is 0 Å². The molecule has 17 heavy (non-hydrogen) atoms.